The summed E-state index contributed by atoms with van der Waals surface area (Å²) in [4.78, 5) is 0. The lowest BCUT2D eigenvalue weighted by Crippen LogP contribution is -2.21. The maximum Gasteiger partial charge on any atom is 0.165 e. The standard InChI is InChI=1S/C16H17ClFNO/c1-2-13(19)9-11-3-8-16(15(18)10-11)20-14-6-4-12(17)5-7-14/h3-8,10,13H,2,9,19H2,1H3. The highest BCUT2D eigenvalue weighted by Gasteiger charge is 2.08. The molecule has 2 aromatic rings. The number of nitrogens with two attached hydrogens (primary N) is 1. The van der Waals surface area contributed by atoms with Gasteiger partial charge >= 0.3 is 0 Å². The quantitative estimate of drug-likeness (QED) is 0.877. The van der Waals surface area contributed by atoms with Gasteiger partial charge in [-0.2, -0.15) is 0 Å². The van der Waals surface area contributed by atoms with Crippen LogP contribution < -0.4 is 10.5 Å². The Morgan fingerprint density at radius 3 is 2.50 bits per heavy atom. The Balaban J connectivity index is 2.11. The van der Waals surface area contributed by atoms with E-state index in [1.807, 2.05) is 13.0 Å². The highest BCUT2D eigenvalue weighted by molar-refractivity contribution is 6.30. The predicted molar refractivity (Wildman–Crippen MR) is 79.9 cm³/mol. The van der Waals surface area contributed by atoms with Gasteiger partial charge in [-0.25, -0.2) is 4.39 Å². The molecule has 0 heterocycles. The maximum atomic E-state index is 14.0. The summed E-state index contributed by atoms with van der Waals surface area (Å²) in [5.74, 6) is 0.355. The minimum Gasteiger partial charge on any atom is -0.454 e. The van der Waals surface area contributed by atoms with Crippen molar-refractivity contribution in [1.82, 2.24) is 0 Å². The Hall–Kier alpha value is -1.58. The van der Waals surface area contributed by atoms with Crippen molar-refractivity contribution in [2.24, 2.45) is 5.73 Å². The predicted octanol–water partition coefficient (Wildman–Crippen LogP) is 4.55. The van der Waals surface area contributed by atoms with E-state index in [0.717, 1.165) is 12.0 Å². The van der Waals surface area contributed by atoms with Crippen LogP contribution in [0.3, 0.4) is 0 Å². The van der Waals surface area contributed by atoms with Crippen molar-refractivity contribution in [1.29, 1.82) is 0 Å². The van der Waals surface area contributed by atoms with Crippen LogP contribution in [0, 0.1) is 5.82 Å². The molecule has 0 fully saturated rings. The minimum atomic E-state index is -0.388. The molecule has 2 N–H and O–H groups in total. The second-order valence-electron chi connectivity index (χ2n) is 4.69. The molecule has 0 spiro atoms. The lowest BCUT2D eigenvalue weighted by atomic mass is 10.0. The monoisotopic (exact) mass is 293 g/mol. The first-order valence-corrected chi connectivity index (χ1v) is 6.93. The molecule has 2 rings (SSSR count). The van der Waals surface area contributed by atoms with Gasteiger partial charge in [-0.05, 0) is 54.8 Å². The Morgan fingerprint density at radius 2 is 1.90 bits per heavy atom. The summed E-state index contributed by atoms with van der Waals surface area (Å²) >= 11 is 5.79. The second-order valence-corrected chi connectivity index (χ2v) is 5.13. The van der Waals surface area contributed by atoms with E-state index in [4.69, 9.17) is 22.1 Å². The fourth-order valence-electron chi connectivity index (χ4n) is 1.83. The van der Waals surface area contributed by atoms with E-state index in [0.29, 0.717) is 17.2 Å². The van der Waals surface area contributed by atoms with Crippen molar-refractivity contribution < 1.29 is 9.13 Å². The van der Waals surface area contributed by atoms with Gasteiger partial charge in [0.2, 0.25) is 0 Å². The van der Waals surface area contributed by atoms with E-state index < -0.39 is 0 Å². The number of hydrogen-bond donors (Lipinski definition) is 1. The van der Waals surface area contributed by atoms with Crippen molar-refractivity contribution in [3.63, 3.8) is 0 Å². The first-order chi connectivity index (χ1) is 9.58. The number of ether oxygens (including phenoxy) is 1. The zero-order chi connectivity index (χ0) is 14.5. The number of rotatable bonds is 5. The molecular formula is C16H17ClFNO. The van der Waals surface area contributed by atoms with E-state index in [1.54, 1.807) is 30.3 Å². The van der Waals surface area contributed by atoms with Crippen molar-refractivity contribution in [3.8, 4) is 11.5 Å². The first kappa shape index (κ1) is 14.8. The van der Waals surface area contributed by atoms with Crippen LogP contribution in [0.5, 0.6) is 11.5 Å². The SMILES string of the molecule is CCC(N)Cc1ccc(Oc2ccc(Cl)cc2)c(F)c1. The molecule has 2 aromatic carbocycles. The molecule has 0 aliphatic carbocycles. The molecule has 20 heavy (non-hydrogen) atoms. The molecule has 0 radical (unpaired) electrons. The Morgan fingerprint density at radius 1 is 1.20 bits per heavy atom. The van der Waals surface area contributed by atoms with Crippen LogP contribution in [-0.4, -0.2) is 6.04 Å². The highest BCUT2D eigenvalue weighted by atomic mass is 35.5. The molecule has 0 amide bonds. The summed E-state index contributed by atoms with van der Waals surface area (Å²) in [7, 11) is 0. The molecule has 0 aliphatic heterocycles. The topological polar surface area (TPSA) is 35.2 Å². The number of hydrogen-bond acceptors (Lipinski definition) is 2. The van der Waals surface area contributed by atoms with Crippen molar-refractivity contribution >= 4 is 11.6 Å². The van der Waals surface area contributed by atoms with E-state index >= 15 is 0 Å². The van der Waals surface area contributed by atoms with Crippen molar-refractivity contribution in [2.75, 3.05) is 0 Å². The number of benzene rings is 2. The van der Waals surface area contributed by atoms with Crippen LogP contribution in [0.4, 0.5) is 4.39 Å². The van der Waals surface area contributed by atoms with Gasteiger partial charge in [-0.15, -0.1) is 0 Å². The minimum absolute atomic E-state index is 0.0532. The molecule has 0 saturated carbocycles. The van der Waals surface area contributed by atoms with Crippen LogP contribution in [0.25, 0.3) is 0 Å². The average Bonchev–Trinajstić information content (AvgIpc) is 2.44. The summed E-state index contributed by atoms with van der Waals surface area (Å²) in [6.45, 7) is 2.01. The Kier molecular flexibility index (Phi) is 4.99. The molecule has 0 saturated heterocycles. The summed E-state index contributed by atoms with van der Waals surface area (Å²) < 4.78 is 19.5. The van der Waals surface area contributed by atoms with E-state index in [-0.39, 0.29) is 17.6 Å². The van der Waals surface area contributed by atoms with Crippen LogP contribution >= 0.6 is 11.6 Å². The summed E-state index contributed by atoms with van der Waals surface area (Å²) in [6.07, 6.45) is 1.53. The van der Waals surface area contributed by atoms with Crippen LogP contribution in [0.1, 0.15) is 18.9 Å². The molecule has 0 aliphatic rings. The van der Waals surface area contributed by atoms with E-state index in [1.165, 1.54) is 6.07 Å². The Bertz CT molecular complexity index is 571. The molecule has 1 unspecified atom stereocenters. The van der Waals surface area contributed by atoms with Gasteiger partial charge in [-0.1, -0.05) is 24.6 Å². The number of halogens is 2. The first-order valence-electron chi connectivity index (χ1n) is 6.56. The zero-order valence-electron chi connectivity index (χ0n) is 11.3. The fourth-order valence-corrected chi connectivity index (χ4v) is 1.96. The van der Waals surface area contributed by atoms with Crippen molar-refractivity contribution in [3.05, 3.63) is 58.9 Å². The molecule has 4 heteroatoms. The third-order valence-corrected chi connectivity index (χ3v) is 3.31. The highest BCUT2D eigenvalue weighted by Crippen LogP contribution is 2.26. The summed E-state index contributed by atoms with van der Waals surface area (Å²) in [6, 6.07) is 11.8. The lowest BCUT2D eigenvalue weighted by Gasteiger charge is -2.11. The third-order valence-electron chi connectivity index (χ3n) is 3.06. The lowest BCUT2D eigenvalue weighted by molar-refractivity contribution is 0.441. The molecule has 2 nitrogen and oxygen atoms in total. The second kappa shape index (κ2) is 6.73. The third kappa shape index (κ3) is 3.95. The molecule has 1 atom stereocenters. The van der Waals surface area contributed by atoms with Gasteiger partial charge in [0.1, 0.15) is 5.75 Å². The Labute approximate surface area is 123 Å². The summed E-state index contributed by atoms with van der Waals surface area (Å²) in [5, 5.41) is 0.613. The van der Waals surface area contributed by atoms with Gasteiger partial charge in [0.05, 0.1) is 0 Å². The van der Waals surface area contributed by atoms with Crippen molar-refractivity contribution in [2.45, 2.75) is 25.8 Å². The van der Waals surface area contributed by atoms with Gasteiger partial charge in [0.15, 0.2) is 11.6 Å². The van der Waals surface area contributed by atoms with Gasteiger partial charge < -0.3 is 10.5 Å². The normalized spacial score (nSPS) is 12.2. The fraction of sp³-hybridized carbons (Fsp3) is 0.250. The van der Waals surface area contributed by atoms with Crippen LogP contribution in [0.15, 0.2) is 42.5 Å². The summed E-state index contributed by atoms with van der Waals surface area (Å²) in [5.41, 5.74) is 6.74. The van der Waals surface area contributed by atoms with Crippen LogP contribution in [0.2, 0.25) is 5.02 Å². The average molecular weight is 294 g/mol. The van der Waals surface area contributed by atoms with Gasteiger partial charge in [0, 0.05) is 11.1 Å². The van der Waals surface area contributed by atoms with E-state index in [2.05, 4.69) is 0 Å². The zero-order valence-corrected chi connectivity index (χ0v) is 12.0. The largest absolute Gasteiger partial charge is 0.454 e. The molecular weight excluding hydrogens is 277 g/mol. The van der Waals surface area contributed by atoms with E-state index in [9.17, 15) is 4.39 Å². The van der Waals surface area contributed by atoms with Gasteiger partial charge in [-0.3, -0.25) is 0 Å². The van der Waals surface area contributed by atoms with Gasteiger partial charge in [0.25, 0.3) is 0 Å². The smallest absolute Gasteiger partial charge is 0.165 e. The maximum absolute atomic E-state index is 14.0. The van der Waals surface area contributed by atoms with Crippen LogP contribution in [-0.2, 0) is 6.42 Å². The molecule has 0 aromatic heterocycles. The molecule has 0 bridgehead atoms. The molecule has 106 valence electrons.